The number of aromatic nitrogens is 2. The van der Waals surface area contributed by atoms with Gasteiger partial charge in [-0.05, 0) is 59.9 Å². The van der Waals surface area contributed by atoms with Gasteiger partial charge in [0.15, 0.2) is 17.2 Å². The van der Waals surface area contributed by atoms with E-state index in [0.29, 0.717) is 28.7 Å². The molecule has 0 fully saturated rings. The predicted molar refractivity (Wildman–Crippen MR) is 185 cm³/mol. The van der Waals surface area contributed by atoms with E-state index in [2.05, 4.69) is 20.9 Å². The number of nitrogens with zero attached hydrogens (tertiary/aromatic N) is 2. The third-order valence-corrected chi connectivity index (χ3v) is 8.99. The summed E-state index contributed by atoms with van der Waals surface area (Å²) in [6.07, 6.45) is -0.364. The van der Waals surface area contributed by atoms with Crippen LogP contribution in [0.5, 0.6) is 11.5 Å². The van der Waals surface area contributed by atoms with Crippen LogP contribution in [0, 0.1) is 11.8 Å². The third-order valence-electron chi connectivity index (χ3n) is 8.99. The Morgan fingerprint density at radius 1 is 1.00 bits per heavy atom. The van der Waals surface area contributed by atoms with Crippen molar-refractivity contribution in [1.29, 1.82) is 0 Å². The van der Waals surface area contributed by atoms with Crippen molar-refractivity contribution in [3.63, 3.8) is 0 Å². The van der Waals surface area contributed by atoms with Crippen molar-refractivity contribution in [2.24, 2.45) is 11.8 Å². The number of para-hydroxylation sites is 1. The SMILES string of the molecule is COc1ccc(-c2cnc(-c3nc4oc3C3Nc5ccccc5-c5cc(ccc5O3)C[C@H](NC(=O)[C@@H](O)C(C)C)C(=O)NC4C(C)C)o2)cc1. The number of benzene rings is 3. The normalized spacial score (nSPS) is 18.8. The molecule has 3 aliphatic rings. The molecule has 2 unspecified atom stereocenters. The molecule has 50 heavy (non-hydrogen) atoms. The van der Waals surface area contributed by atoms with Gasteiger partial charge >= 0.3 is 0 Å². The Balaban J connectivity index is 1.38. The Kier molecular flexibility index (Phi) is 8.79. The van der Waals surface area contributed by atoms with Gasteiger partial charge in [-0.1, -0.05) is 52.0 Å². The molecule has 12 heteroatoms. The maximum absolute atomic E-state index is 14.1. The number of carbonyl (C=O) groups is 2. The van der Waals surface area contributed by atoms with Crippen LogP contribution in [-0.2, 0) is 16.0 Å². The van der Waals surface area contributed by atoms with E-state index in [1.165, 1.54) is 0 Å². The number of rotatable bonds is 7. The Morgan fingerprint density at radius 3 is 2.52 bits per heavy atom. The molecular formula is C38H39N5O7. The topological polar surface area (TPSA) is 161 Å². The molecule has 5 heterocycles. The van der Waals surface area contributed by atoms with Crippen molar-refractivity contribution < 1.29 is 33.0 Å². The molecule has 3 aliphatic heterocycles. The lowest BCUT2D eigenvalue weighted by atomic mass is 9.96. The van der Waals surface area contributed by atoms with Crippen molar-refractivity contribution in [2.45, 2.75) is 58.5 Å². The third kappa shape index (κ3) is 6.29. The molecule has 0 radical (unpaired) electrons. The first-order chi connectivity index (χ1) is 24.1. The summed E-state index contributed by atoms with van der Waals surface area (Å²) < 4.78 is 24.8. The summed E-state index contributed by atoms with van der Waals surface area (Å²) in [6.45, 7) is 7.34. The second-order valence-corrected chi connectivity index (χ2v) is 13.2. The number of ether oxygens (including phenoxy) is 2. The number of oxazole rings is 2. The van der Waals surface area contributed by atoms with Gasteiger partial charge in [-0.2, -0.15) is 0 Å². The van der Waals surface area contributed by atoms with Crippen LogP contribution in [-0.4, -0.2) is 46.1 Å². The van der Waals surface area contributed by atoms with E-state index in [9.17, 15) is 14.7 Å². The Bertz CT molecular complexity index is 2030. The standard InChI is InChI=1S/C38H39N5O7/c1-19(2)30-37-43-31(36-39-18-29(49-36)22-11-13-23(47-5)14-12-22)33(50-37)38-41-26-9-7-6-8-24(26)25-16-21(10-15-28(25)48-38)17-27(34(45)42-30)40-35(46)32(44)20(3)4/h6-16,18-20,27,30,32,38,41,44H,17H2,1-5H3,(H,40,46)(H,42,45)/t27-,30?,32-,38?/m0/s1. The van der Waals surface area contributed by atoms with Crippen LogP contribution in [0.3, 0.4) is 0 Å². The summed E-state index contributed by atoms with van der Waals surface area (Å²) in [5, 5.41) is 19.9. The molecular weight excluding hydrogens is 638 g/mol. The van der Waals surface area contributed by atoms with Gasteiger partial charge in [0.1, 0.15) is 29.7 Å². The average Bonchev–Trinajstić information content (AvgIpc) is 3.74. The lowest BCUT2D eigenvalue weighted by Gasteiger charge is -2.26. The molecule has 8 rings (SSSR count). The van der Waals surface area contributed by atoms with E-state index in [-0.39, 0.29) is 30.0 Å². The number of fused-ring (bicyclic) bond motifs is 6. The van der Waals surface area contributed by atoms with Gasteiger partial charge in [0.05, 0.1) is 13.3 Å². The zero-order valence-corrected chi connectivity index (χ0v) is 28.4. The van der Waals surface area contributed by atoms with Gasteiger partial charge in [0, 0.05) is 28.8 Å². The van der Waals surface area contributed by atoms with Crippen LogP contribution in [0.2, 0.25) is 0 Å². The van der Waals surface area contributed by atoms with Crippen LogP contribution < -0.4 is 25.4 Å². The number of amides is 2. The van der Waals surface area contributed by atoms with Crippen molar-refractivity contribution in [2.75, 3.05) is 12.4 Å². The Morgan fingerprint density at radius 2 is 1.78 bits per heavy atom. The first-order valence-corrected chi connectivity index (χ1v) is 16.6. The highest BCUT2D eigenvalue weighted by atomic mass is 16.5. The zero-order chi connectivity index (χ0) is 35.1. The fourth-order valence-corrected chi connectivity index (χ4v) is 6.14. The largest absolute Gasteiger partial charge is 0.497 e. The second-order valence-electron chi connectivity index (χ2n) is 13.2. The number of hydrogen-bond acceptors (Lipinski definition) is 10. The molecule has 258 valence electrons. The van der Waals surface area contributed by atoms with Crippen LogP contribution in [0.15, 0.2) is 81.8 Å². The van der Waals surface area contributed by atoms with E-state index < -0.39 is 36.2 Å². The van der Waals surface area contributed by atoms with Crippen LogP contribution in [0.25, 0.3) is 34.0 Å². The number of nitrogens with one attached hydrogen (secondary N) is 3. The van der Waals surface area contributed by atoms with E-state index in [1.807, 2.05) is 80.6 Å². The molecule has 12 nitrogen and oxygen atoms in total. The molecule has 0 aliphatic carbocycles. The molecule has 6 bridgehead atoms. The quantitative estimate of drug-likeness (QED) is 0.160. The highest BCUT2D eigenvalue weighted by Crippen LogP contribution is 2.44. The van der Waals surface area contributed by atoms with E-state index in [1.54, 1.807) is 27.2 Å². The number of aliphatic hydroxyl groups excluding tert-OH is 1. The molecule has 5 aromatic rings. The average molecular weight is 678 g/mol. The van der Waals surface area contributed by atoms with Crippen LogP contribution in [0.1, 0.15) is 57.2 Å². The van der Waals surface area contributed by atoms with Gasteiger partial charge in [-0.25, -0.2) is 9.97 Å². The van der Waals surface area contributed by atoms with E-state index in [4.69, 9.17) is 23.3 Å². The maximum atomic E-state index is 14.1. The lowest BCUT2D eigenvalue weighted by Crippen LogP contribution is -2.52. The fraction of sp³-hybridized carbons (Fsp3) is 0.316. The molecule has 3 aromatic carbocycles. The Labute approximate surface area is 289 Å². The van der Waals surface area contributed by atoms with Gasteiger partial charge < -0.3 is 39.4 Å². The summed E-state index contributed by atoms with van der Waals surface area (Å²) in [7, 11) is 1.61. The molecule has 0 saturated carbocycles. The zero-order valence-electron chi connectivity index (χ0n) is 28.4. The van der Waals surface area contributed by atoms with Gasteiger partial charge in [0.2, 0.25) is 29.8 Å². The minimum absolute atomic E-state index is 0.159. The first-order valence-electron chi connectivity index (χ1n) is 16.6. The highest BCUT2D eigenvalue weighted by molar-refractivity contribution is 5.90. The highest BCUT2D eigenvalue weighted by Gasteiger charge is 2.36. The molecule has 2 aromatic heterocycles. The Hall–Kier alpha value is -5.62. The maximum Gasteiger partial charge on any atom is 0.249 e. The fourth-order valence-electron chi connectivity index (χ4n) is 6.14. The summed E-state index contributed by atoms with van der Waals surface area (Å²) in [6, 6.07) is 19.2. The number of methoxy groups -OCH3 is 1. The van der Waals surface area contributed by atoms with E-state index in [0.717, 1.165) is 27.9 Å². The molecule has 4 N–H and O–H groups in total. The van der Waals surface area contributed by atoms with Gasteiger partial charge in [0.25, 0.3) is 0 Å². The summed E-state index contributed by atoms with van der Waals surface area (Å²) in [5.41, 5.74) is 4.34. The van der Waals surface area contributed by atoms with E-state index >= 15 is 0 Å². The first kappa shape index (κ1) is 32.9. The smallest absolute Gasteiger partial charge is 0.249 e. The van der Waals surface area contributed by atoms with Crippen molar-refractivity contribution in [3.05, 3.63) is 90.1 Å². The predicted octanol–water partition coefficient (Wildman–Crippen LogP) is 6.05. The van der Waals surface area contributed by atoms with Crippen molar-refractivity contribution in [1.82, 2.24) is 20.6 Å². The number of hydrogen-bond donors (Lipinski definition) is 4. The monoisotopic (exact) mass is 677 g/mol. The summed E-state index contributed by atoms with van der Waals surface area (Å²) in [4.78, 5) is 36.7. The van der Waals surface area contributed by atoms with Crippen LogP contribution in [0.4, 0.5) is 5.69 Å². The number of anilines is 1. The molecule has 0 spiro atoms. The lowest BCUT2D eigenvalue weighted by molar-refractivity contribution is -0.135. The second kappa shape index (κ2) is 13.4. The van der Waals surface area contributed by atoms with Crippen molar-refractivity contribution >= 4 is 17.5 Å². The minimum atomic E-state index is -1.28. The van der Waals surface area contributed by atoms with Crippen molar-refractivity contribution in [3.8, 4) is 45.5 Å². The number of aliphatic hydroxyl groups is 1. The minimum Gasteiger partial charge on any atom is -0.497 e. The summed E-state index contributed by atoms with van der Waals surface area (Å²) >= 11 is 0. The number of carbonyl (C=O) groups excluding carboxylic acids is 2. The molecule has 4 atom stereocenters. The van der Waals surface area contributed by atoms with Gasteiger partial charge in [-0.15, -0.1) is 0 Å². The van der Waals surface area contributed by atoms with Gasteiger partial charge in [-0.3, -0.25) is 9.59 Å². The molecule has 2 amide bonds. The van der Waals surface area contributed by atoms with Crippen LogP contribution >= 0.6 is 0 Å². The summed E-state index contributed by atoms with van der Waals surface area (Å²) in [5.74, 6) is 0.909. The molecule has 0 saturated heterocycles.